The van der Waals surface area contributed by atoms with Gasteiger partial charge in [-0.15, -0.1) is 24.0 Å². The third-order valence-corrected chi connectivity index (χ3v) is 4.23. The summed E-state index contributed by atoms with van der Waals surface area (Å²) in [5.41, 5.74) is 0.500. The Morgan fingerprint density at radius 3 is 2.28 bits per heavy atom. The molecule has 0 bridgehead atoms. The Morgan fingerprint density at radius 1 is 1.28 bits per heavy atom. The van der Waals surface area contributed by atoms with Crippen molar-refractivity contribution in [3.63, 3.8) is 0 Å². The molecule has 0 saturated carbocycles. The third-order valence-electron chi connectivity index (χ3n) is 3.30. The van der Waals surface area contributed by atoms with E-state index in [1.807, 2.05) is 50.1 Å². The van der Waals surface area contributed by atoms with Crippen molar-refractivity contribution in [3.8, 4) is 5.75 Å². The van der Waals surface area contributed by atoms with E-state index in [-0.39, 0.29) is 24.0 Å². The fourth-order valence-electron chi connectivity index (χ4n) is 2.30. The maximum absolute atomic E-state index is 11.4. The monoisotopic (exact) mass is 484 g/mol. The van der Waals surface area contributed by atoms with E-state index in [2.05, 4.69) is 15.0 Å². The van der Waals surface area contributed by atoms with E-state index < -0.39 is 15.6 Å². The van der Waals surface area contributed by atoms with E-state index in [4.69, 9.17) is 4.74 Å². The highest BCUT2D eigenvalue weighted by molar-refractivity contribution is 14.0. The molecule has 0 fully saturated rings. The van der Waals surface area contributed by atoms with E-state index in [1.165, 1.54) is 0 Å². The minimum Gasteiger partial charge on any atom is -0.497 e. The molecule has 0 amide bonds. The molecule has 0 aliphatic carbocycles. The van der Waals surface area contributed by atoms with Crippen LogP contribution in [0.4, 0.5) is 0 Å². The van der Waals surface area contributed by atoms with E-state index in [1.54, 1.807) is 14.2 Å². The Kier molecular flexibility index (Phi) is 9.73. The summed E-state index contributed by atoms with van der Waals surface area (Å²) in [4.78, 5) is 6.22. The van der Waals surface area contributed by atoms with Gasteiger partial charge < -0.3 is 15.0 Å². The van der Waals surface area contributed by atoms with Crippen molar-refractivity contribution in [2.45, 2.75) is 25.9 Å². The van der Waals surface area contributed by atoms with Gasteiger partial charge in [0.2, 0.25) is 10.0 Å². The van der Waals surface area contributed by atoms with Gasteiger partial charge in [-0.05, 0) is 31.5 Å². The first-order valence-electron chi connectivity index (χ1n) is 7.60. The predicted octanol–water partition coefficient (Wildman–Crippen LogP) is 1.65. The molecule has 7 nitrogen and oxygen atoms in total. The van der Waals surface area contributed by atoms with Crippen LogP contribution < -0.4 is 14.8 Å². The first kappa shape index (κ1) is 23.9. The Hall–Kier alpha value is -1.07. The van der Waals surface area contributed by atoms with Crippen LogP contribution in [0, 0.1) is 0 Å². The number of guanidine groups is 1. The van der Waals surface area contributed by atoms with Crippen LogP contribution in [0.2, 0.25) is 0 Å². The largest absolute Gasteiger partial charge is 0.497 e. The minimum atomic E-state index is -3.27. The number of rotatable bonds is 7. The number of sulfonamides is 1. The van der Waals surface area contributed by atoms with Gasteiger partial charge in [0.05, 0.1) is 13.4 Å². The first-order chi connectivity index (χ1) is 11.1. The van der Waals surface area contributed by atoms with Gasteiger partial charge in [0, 0.05) is 32.7 Å². The lowest BCUT2D eigenvalue weighted by molar-refractivity contribution is 0.413. The number of methoxy groups -OCH3 is 1. The molecular formula is C16H29IN4O3S. The molecule has 0 heterocycles. The second kappa shape index (κ2) is 10.2. The SMILES string of the molecule is CN=C(NCC(C)(C)NS(C)(=O)=O)N(C)Cc1ccc(OC)cc1.I. The molecule has 0 radical (unpaired) electrons. The molecule has 1 aromatic carbocycles. The summed E-state index contributed by atoms with van der Waals surface area (Å²) in [6.45, 7) is 4.72. The average Bonchev–Trinajstić information content (AvgIpc) is 2.46. The van der Waals surface area contributed by atoms with Crippen molar-refractivity contribution >= 4 is 40.0 Å². The summed E-state index contributed by atoms with van der Waals surface area (Å²) >= 11 is 0. The maximum Gasteiger partial charge on any atom is 0.209 e. The number of nitrogens with one attached hydrogen (secondary N) is 2. The third kappa shape index (κ3) is 9.26. The molecular weight excluding hydrogens is 455 g/mol. The normalized spacial score (nSPS) is 12.3. The van der Waals surface area contributed by atoms with Crippen LogP contribution in [-0.2, 0) is 16.6 Å². The summed E-state index contributed by atoms with van der Waals surface area (Å²) in [5.74, 6) is 1.51. The van der Waals surface area contributed by atoms with Gasteiger partial charge in [0.15, 0.2) is 5.96 Å². The van der Waals surface area contributed by atoms with Crippen molar-refractivity contribution in [3.05, 3.63) is 29.8 Å². The van der Waals surface area contributed by atoms with Gasteiger partial charge in [0.1, 0.15) is 5.75 Å². The fourth-order valence-corrected chi connectivity index (χ4v) is 3.38. The molecule has 0 aliphatic rings. The van der Waals surface area contributed by atoms with Crippen LogP contribution in [0.3, 0.4) is 0 Å². The van der Waals surface area contributed by atoms with E-state index in [9.17, 15) is 8.42 Å². The number of nitrogens with zero attached hydrogens (tertiary/aromatic N) is 2. The Labute approximate surface area is 168 Å². The summed E-state index contributed by atoms with van der Waals surface area (Å²) in [6.07, 6.45) is 1.15. The molecule has 0 spiro atoms. The number of halogens is 1. The van der Waals surface area contributed by atoms with Gasteiger partial charge in [-0.2, -0.15) is 0 Å². The Balaban J connectivity index is 0.00000576. The zero-order valence-electron chi connectivity index (χ0n) is 15.7. The summed E-state index contributed by atoms with van der Waals surface area (Å²) in [7, 11) is 2.00. The van der Waals surface area contributed by atoms with Gasteiger partial charge in [-0.1, -0.05) is 12.1 Å². The lowest BCUT2D eigenvalue weighted by atomic mass is 10.1. The molecule has 0 aliphatic heterocycles. The van der Waals surface area contributed by atoms with Crippen molar-refractivity contribution < 1.29 is 13.2 Å². The minimum absolute atomic E-state index is 0. The molecule has 2 N–H and O–H groups in total. The number of ether oxygens (including phenoxy) is 1. The zero-order chi connectivity index (χ0) is 18.4. The molecule has 0 unspecified atom stereocenters. The van der Waals surface area contributed by atoms with E-state index in [0.717, 1.165) is 17.6 Å². The molecule has 144 valence electrons. The molecule has 9 heteroatoms. The second-order valence-corrected chi connectivity index (χ2v) is 8.11. The zero-order valence-corrected chi connectivity index (χ0v) is 18.8. The lowest BCUT2D eigenvalue weighted by Gasteiger charge is -2.29. The topological polar surface area (TPSA) is 83.0 Å². The average molecular weight is 484 g/mol. The number of hydrogen-bond donors (Lipinski definition) is 2. The summed E-state index contributed by atoms with van der Waals surface area (Å²) in [6, 6.07) is 7.83. The second-order valence-electron chi connectivity index (χ2n) is 6.36. The van der Waals surface area contributed by atoms with E-state index in [0.29, 0.717) is 19.0 Å². The van der Waals surface area contributed by atoms with Crippen molar-refractivity contribution in [2.24, 2.45) is 4.99 Å². The molecule has 0 aromatic heterocycles. The van der Waals surface area contributed by atoms with Crippen molar-refractivity contribution in [1.82, 2.24) is 14.9 Å². The molecule has 0 atom stereocenters. The van der Waals surface area contributed by atoms with Crippen LogP contribution in [-0.4, -0.2) is 58.8 Å². The number of benzene rings is 1. The highest BCUT2D eigenvalue weighted by Crippen LogP contribution is 2.12. The molecule has 1 rings (SSSR count). The fraction of sp³-hybridized carbons (Fsp3) is 0.562. The maximum atomic E-state index is 11.4. The summed E-state index contributed by atoms with van der Waals surface area (Å²) < 4.78 is 30.5. The van der Waals surface area contributed by atoms with E-state index >= 15 is 0 Å². The van der Waals surface area contributed by atoms with Crippen LogP contribution in [0.5, 0.6) is 5.75 Å². The van der Waals surface area contributed by atoms with Crippen LogP contribution in [0.25, 0.3) is 0 Å². The van der Waals surface area contributed by atoms with Crippen LogP contribution >= 0.6 is 24.0 Å². The number of aliphatic imine (C=N–C) groups is 1. The van der Waals surface area contributed by atoms with Gasteiger partial charge in [0.25, 0.3) is 0 Å². The van der Waals surface area contributed by atoms with Gasteiger partial charge in [-0.25, -0.2) is 13.1 Å². The Bertz CT molecular complexity index is 660. The van der Waals surface area contributed by atoms with Gasteiger partial charge in [-0.3, -0.25) is 4.99 Å². The molecule has 25 heavy (non-hydrogen) atoms. The van der Waals surface area contributed by atoms with Crippen LogP contribution in [0.15, 0.2) is 29.3 Å². The highest BCUT2D eigenvalue weighted by Gasteiger charge is 2.22. The van der Waals surface area contributed by atoms with Crippen molar-refractivity contribution in [1.29, 1.82) is 0 Å². The van der Waals surface area contributed by atoms with Crippen molar-refractivity contribution in [2.75, 3.05) is 34.0 Å². The first-order valence-corrected chi connectivity index (χ1v) is 9.49. The molecule has 0 saturated heterocycles. The predicted molar refractivity (Wildman–Crippen MR) is 113 cm³/mol. The lowest BCUT2D eigenvalue weighted by Crippen LogP contribution is -2.53. The molecule has 1 aromatic rings. The van der Waals surface area contributed by atoms with Crippen LogP contribution in [0.1, 0.15) is 19.4 Å². The quantitative estimate of drug-likeness (QED) is 0.350. The van der Waals surface area contributed by atoms with Gasteiger partial charge >= 0.3 is 0 Å². The Morgan fingerprint density at radius 2 is 1.84 bits per heavy atom. The standard InChI is InChI=1S/C16H28N4O3S.HI/c1-16(2,19-24(6,21)22)12-18-15(17-3)20(4)11-13-7-9-14(23-5)10-8-13;/h7-10,19H,11-12H2,1-6H3,(H,17,18);1H. The number of hydrogen-bond acceptors (Lipinski definition) is 4. The summed E-state index contributed by atoms with van der Waals surface area (Å²) in [5, 5.41) is 3.20. The smallest absolute Gasteiger partial charge is 0.209 e. The highest BCUT2D eigenvalue weighted by atomic mass is 127.